The Hall–Kier alpha value is 2.26. The van der Waals surface area contributed by atoms with Crippen LogP contribution in [0.5, 0.6) is 0 Å². The average Bonchev–Trinajstić information content (AvgIpc) is 1.81. The molecule has 0 rings (SSSR count). The number of hydrogen-bond acceptors (Lipinski definition) is 7. The van der Waals surface area contributed by atoms with Gasteiger partial charge in [0.2, 0.25) is 0 Å². The molecule has 0 heterocycles. The minimum atomic E-state index is -5.41. The van der Waals surface area contributed by atoms with Crippen molar-refractivity contribution in [3.05, 3.63) is 0 Å². The van der Waals surface area contributed by atoms with Crippen LogP contribution in [-0.4, -0.2) is 15.9 Å². The van der Waals surface area contributed by atoms with Crippen LogP contribution in [0.4, 0.5) is 0 Å². The van der Waals surface area contributed by atoms with E-state index in [1.807, 2.05) is 0 Å². The van der Waals surface area contributed by atoms with E-state index in [-0.39, 0.29) is 0 Å². The fourth-order valence-corrected chi connectivity index (χ4v) is 11.3. The Morgan fingerprint density at radius 2 is 1.77 bits per heavy atom. The SMILES string of the molecule is C[S+](C)O[I+]([O-])(O)O[I+]([O-])([O-])OI. The summed E-state index contributed by atoms with van der Waals surface area (Å²) in [5.74, 6) is 0. The Balaban J connectivity index is 4.16. The van der Waals surface area contributed by atoms with Crippen LogP contribution in [0.3, 0.4) is 0 Å². The molecule has 0 saturated carbocycles. The van der Waals surface area contributed by atoms with Crippen LogP contribution in [0, 0.1) is 0 Å². The van der Waals surface area contributed by atoms with E-state index in [9.17, 15) is 10.3 Å². The first-order valence-electron chi connectivity index (χ1n) is 2.39. The maximum absolute atomic E-state index is 10.9. The molecule has 0 aliphatic rings. The molecule has 0 aromatic carbocycles. The summed E-state index contributed by atoms with van der Waals surface area (Å²) in [6, 6.07) is 0. The molecule has 0 amide bonds. The van der Waals surface area contributed by atoms with Gasteiger partial charge in [-0.1, -0.05) is 0 Å². The summed E-state index contributed by atoms with van der Waals surface area (Å²) in [6.07, 6.45) is 3.01. The molecule has 84 valence electrons. The average molecular weight is 556 g/mol. The van der Waals surface area contributed by atoms with Crippen molar-refractivity contribution < 1.29 is 59.2 Å². The van der Waals surface area contributed by atoms with Crippen molar-refractivity contribution in [2.75, 3.05) is 12.5 Å². The van der Waals surface area contributed by atoms with Crippen molar-refractivity contribution in [3.63, 3.8) is 0 Å². The first-order chi connectivity index (χ1) is 5.68. The molecule has 13 heavy (non-hydrogen) atoms. The summed E-state index contributed by atoms with van der Waals surface area (Å²) < 4.78 is 53.3. The van der Waals surface area contributed by atoms with Crippen molar-refractivity contribution in [2.24, 2.45) is 0 Å². The van der Waals surface area contributed by atoms with Gasteiger partial charge in [0.1, 0.15) is 0 Å². The molecule has 0 fully saturated rings. The summed E-state index contributed by atoms with van der Waals surface area (Å²) in [4.78, 5) is 0. The third-order valence-electron chi connectivity index (χ3n) is 0.422. The summed E-state index contributed by atoms with van der Waals surface area (Å²) >= 11 is -10.4. The van der Waals surface area contributed by atoms with Gasteiger partial charge >= 0.3 is 106 Å². The van der Waals surface area contributed by atoms with E-state index < -0.39 is 51.4 Å². The second kappa shape index (κ2) is 6.11. The zero-order valence-electron chi connectivity index (χ0n) is 6.44. The maximum atomic E-state index is 10.9. The topological polar surface area (TPSA) is 117 Å². The predicted molar refractivity (Wildman–Crippen MR) is 38.7 cm³/mol. The van der Waals surface area contributed by atoms with Crippen molar-refractivity contribution in [2.45, 2.75) is 0 Å². The van der Waals surface area contributed by atoms with Crippen LogP contribution in [-0.2, 0) is 16.5 Å². The van der Waals surface area contributed by atoms with Gasteiger partial charge in [0.05, 0.1) is 0 Å². The molecule has 0 spiro atoms. The first-order valence-corrected chi connectivity index (χ1v) is 12.4. The molecule has 0 bridgehead atoms. The fraction of sp³-hybridized carbons (Fsp3) is 1.00. The van der Waals surface area contributed by atoms with Crippen LogP contribution in [0.25, 0.3) is 0 Å². The van der Waals surface area contributed by atoms with Gasteiger partial charge in [-0.05, 0) is 0 Å². The monoisotopic (exact) mass is 556 g/mol. The Morgan fingerprint density at radius 1 is 1.31 bits per heavy atom. The molecule has 1 atom stereocenters. The Labute approximate surface area is 104 Å². The Kier molecular flexibility index (Phi) is 7.17. The van der Waals surface area contributed by atoms with Gasteiger partial charge < -0.3 is 0 Å². The number of hydrogen-bond donors (Lipinski definition) is 1. The quantitative estimate of drug-likeness (QED) is 0.265. The van der Waals surface area contributed by atoms with E-state index in [1.54, 1.807) is 0 Å². The molecule has 0 saturated heterocycles. The van der Waals surface area contributed by atoms with Gasteiger partial charge in [-0.25, -0.2) is 0 Å². The van der Waals surface area contributed by atoms with Crippen LogP contribution in [0.2, 0.25) is 0 Å². The minimum absolute atomic E-state index is 0.836. The third kappa shape index (κ3) is 8.11. The van der Waals surface area contributed by atoms with E-state index in [0.29, 0.717) is 0 Å². The second-order valence-electron chi connectivity index (χ2n) is 1.70. The Bertz CT molecular complexity index is 162. The van der Waals surface area contributed by atoms with E-state index in [4.69, 9.17) is 3.44 Å². The molecule has 0 aliphatic carbocycles. The summed E-state index contributed by atoms with van der Waals surface area (Å²) in [6.45, 7) is 0. The molecule has 1 unspecified atom stereocenters. The Morgan fingerprint density at radius 3 is 2.08 bits per heavy atom. The summed E-state index contributed by atoms with van der Waals surface area (Å²) in [7, 11) is 0. The molecule has 0 radical (unpaired) electrons. The molecular formula is C2H7I3O7S. The molecule has 11 heteroatoms. The van der Waals surface area contributed by atoms with Gasteiger partial charge in [-0.2, -0.15) is 0 Å². The van der Waals surface area contributed by atoms with Crippen molar-refractivity contribution >= 4 is 34.2 Å². The molecule has 0 aromatic heterocycles. The van der Waals surface area contributed by atoms with Crippen molar-refractivity contribution in [1.29, 1.82) is 0 Å². The standard InChI is InChI=1S/C2H7I3O7S/c1-13(2)12-5(8,9)11-4(6,7)10-3/h8H,1-2H3. The zero-order chi connectivity index (χ0) is 10.7. The van der Waals surface area contributed by atoms with Crippen molar-refractivity contribution in [1.82, 2.24) is 0 Å². The van der Waals surface area contributed by atoms with Crippen LogP contribution < -0.4 is 50.5 Å². The fourth-order valence-electron chi connectivity index (χ4n) is 0.268. The molecular weight excluding hydrogens is 549 g/mol. The number of halogens is 3. The second-order valence-corrected chi connectivity index (χ2v) is 13.9. The van der Waals surface area contributed by atoms with Gasteiger partial charge in [-0.15, -0.1) is 0 Å². The zero-order valence-corrected chi connectivity index (χ0v) is 13.7. The van der Waals surface area contributed by atoms with Crippen LogP contribution in [0.15, 0.2) is 0 Å². The molecule has 0 aliphatic heterocycles. The van der Waals surface area contributed by atoms with E-state index >= 15 is 0 Å². The van der Waals surface area contributed by atoms with Crippen LogP contribution in [0.1, 0.15) is 0 Å². The van der Waals surface area contributed by atoms with E-state index in [2.05, 4.69) is 5.30 Å². The van der Waals surface area contributed by atoms with E-state index in [1.165, 1.54) is 12.5 Å². The molecule has 0 aromatic rings. The van der Waals surface area contributed by atoms with Gasteiger partial charge in [0, 0.05) is 0 Å². The summed E-state index contributed by atoms with van der Waals surface area (Å²) in [5.41, 5.74) is 0. The third-order valence-corrected chi connectivity index (χ3v) is 13.9. The molecule has 1 N–H and O–H groups in total. The van der Waals surface area contributed by atoms with Gasteiger partial charge in [0.25, 0.3) is 0 Å². The number of rotatable bonds is 5. The van der Waals surface area contributed by atoms with Gasteiger partial charge in [-0.3, -0.25) is 0 Å². The van der Waals surface area contributed by atoms with Gasteiger partial charge in [0.15, 0.2) is 0 Å². The van der Waals surface area contributed by atoms with Crippen molar-refractivity contribution in [3.8, 4) is 0 Å². The normalized spacial score (nSPS) is 21.2. The predicted octanol–water partition coefficient (Wildman–Crippen LogP) is -9.11. The summed E-state index contributed by atoms with van der Waals surface area (Å²) in [5, 5.41) is 0. The molecule has 7 nitrogen and oxygen atoms in total. The first kappa shape index (κ1) is 15.3. The van der Waals surface area contributed by atoms with Crippen LogP contribution >= 0.6 is 23.0 Å². The van der Waals surface area contributed by atoms with E-state index in [0.717, 1.165) is 23.0 Å².